The number of carbonyl (C=O) groups is 1. The molecular formula is C23H23ClN2O4S. The first-order chi connectivity index (χ1) is 14.8. The summed E-state index contributed by atoms with van der Waals surface area (Å²) in [5, 5.41) is 3.08. The molecule has 0 aliphatic heterocycles. The number of nitrogens with one attached hydrogen (secondary N) is 2. The number of methoxy groups -OCH3 is 1. The smallest absolute Gasteiger partial charge is 0.242 e. The van der Waals surface area contributed by atoms with Gasteiger partial charge in [-0.2, -0.15) is 4.72 Å². The molecule has 0 aliphatic carbocycles. The molecule has 1 atom stereocenters. The minimum Gasteiger partial charge on any atom is -0.496 e. The van der Waals surface area contributed by atoms with E-state index in [0.29, 0.717) is 22.0 Å². The monoisotopic (exact) mass is 458 g/mol. The fourth-order valence-electron chi connectivity index (χ4n) is 3.09. The number of aryl methyl sites for hydroxylation is 1. The lowest BCUT2D eigenvalue weighted by Crippen LogP contribution is -2.45. The molecule has 162 valence electrons. The van der Waals surface area contributed by atoms with Gasteiger partial charge in [0, 0.05) is 0 Å². The summed E-state index contributed by atoms with van der Waals surface area (Å²) >= 11 is 6.14. The Morgan fingerprint density at radius 2 is 1.71 bits per heavy atom. The fraction of sp³-hybridized carbons (Fsp3) is 0.174. The lowest BCUT2D eigenvalue weighted by Gasteiger charge is -2.19. The SMILES string of the molecule is COc1ccc(S(=O)(=O)N[C@@H](Cc2ccccc2)C(=O)Nc2ccccc2Cl)cc1C. The summed E-state index contributed by atoms with van der Waals surface area (Å²) < 4.78 is 33.8. The third-order valence-corrected chi connectivity index (χ3v) is 6.50. The molecule has 3 rings (SSSR count). The van der Waals surface area contributed by atoms with Gasteiger partial charge in [0.05, 0.1) is 22.7 Å². The standard InChI is InChI=1S/C23H23ClN2O4S/c1-16-14-18(12-13-22(16)30-2)31(28,29)26-21(15-17-8-4-3-5-9-17)23(27)25-20-11-7-6-10-19(20)24/h3-14,21,26H,15H2,1-2H3,(H,25,27)/t21-/m0/s1. The van der Waals surface area contributed by atoms with Gasteiger partial charge in [0.1, 0.15) is 11.8 Å². The van der Waals surface area contributed by atoms with Crippen molar-refractivity contribution in [3.63, 3.8) is 0 Å². The second kappa shape index (κ2) is 9.96. The van der Waals surface area contributed by atoms with Gasteiger partial charge in [0.25, 0.3) is 0 Å². The molecule has 0 saturated carbocycles. The lowest BCUT2D eigenvalue weighted by atomic mass is 10.1. The molecule has 0 bridgehead atoms. The quantitative estimate of drug-likeness (QED) is 0.530. The largest absolute Gasteiger partial charge is 0.496 e. The number of sulfonamides is 1. The van der Waals surface area contributed by atoms with Crippen LogP contribution in [-0.4, -0.2) is 27.5 Å². The minimum absolute atomic E-state index is 0.0504. The maximum Gasteiger partial charge on any atom is 0.242 e. The molecule has 31 heavy (non-hydrogen) atoms. The zero-order valence-electron chi connectivity index (χ0n) is 17.1. The molecule has 0 saturated heterocycles. The van der Waals surface area contributed by atoms with Crippen molar-refractivity contribution >= 4 is 33.2 Å². The Kier molecular flexibility index (Phi) is 7.33. The zero-order valence-corrected chi connectivity index (χ0v) is 18.7. The van der Waals surface area contributed by atoms with Gasteiger partial charge in [0.15, 0.2) is 0 Å². The van der Waals surface area contributed by atoms with E-state index in [0.717, 1.165) is 5.56 Å². The third-order valence-electron chi connectivity index (χ3n) is 4.70. The van der Waals surface area contributed by atoms with Crippen LogP contribution in [0.25, 0.3) is 0 Å². The van der Waals surface area contributed by atoms with Crippen LogP contribution in [0.2, 0.25) is 5.02 Å². The van der Waals surface area contributed by atoms with E-state index in [2.05, 4.69) is 10.0 Å². The summed E-state index contributed by atoms with van der Waals surface area (Å²) in [7, 11) is -2.46. The maximum atomic E-state index is 13.1. The first-order valence-electron chi connectivity index (χ1n) is 9.56. The summed E-state index contributed by atoms with van der Waals surface area (Å²) in [6.07, 6.45) is 0.172. The summed E-state index contributed by atoms with van der Waals surface area (Å²) in [6.45, 7) is 1.75. The number of para-hydroxylation sites is 1. The van der Waals surface area contributed by atoms with Crippen LogP contribution in [0.4, 0.5) is 5.69 Å². The van der Waals surface area contributed by atoms with Gasteiger partial charge in [-0.05, 0) is 54.8 Å². The molecule has 0 unspecified atom stereocenters. The lowest BCUT2D eigenvalue weighted by molar-refractivity contribution is -0.117. The van der Waals surface area contributed by atoms with Gasteiger partial charge < -0.3 is 10.1 Å². The predicted octanol–water partition coefficient (Wildman–Crippen LogP) is 4.19. The Morgan fingerprint density at radius 3 is 2.35 bits per heavy atom. The van der Waals surface area contributed by atoms with Gasteiger partial charge in [-0.3, -0.25) is 4.79 Å². The molecule has 0 spiro atoms. The van der Waals surface area contributed by atoms with Crippen LogP contribution < -0.4 is 14.8 Å². The minimum atomic E-state index is -3.97. The Balaban J connectivity index is 1.89. The van der Waals surface area contributed by atoms with Crippen molar-refractivity contribution in [2.75, 3.05) is 12.4 Å². The van der Waals surface area contributed by atoms with E-state index in [9.17, 15) is 13.2 Å². The highest BCUT2D eigenvalue weighted by Crippen LogP contribution is 2.23. The van der Waals surface area contributed by atoms with Gasteiger partial charge >= 0.3 is 0 Å². The molecule has 8 heteroatoms. The van der Waals surface area contributed by atoms with Gasteiger partial charge in [-0.25, -0.2) is 8.42 Å². The van der Waals surface area contributed by atoms with E-state index >= 15 is 0 Å². The normalized spacial score (nSPS) is 12.2. The van der Waals surface area contributed by atoms with Crippen molar-refractivity contribution < 1.29 is 17.9 Å². The topological polar surface area (TPSA) is 84.5 Å². The number of benzene rings is 3. The Labute approximate surface area is 187 Å². The summed E-state index contributed by atoms with van der Waals surface area (Å²) in [6, 6.07) is 19.5. The number of hydrogen-bond acceptors (Lipinski definition) is 4. The Hall–Kier alpha value is -2.87. The second-order valence-corrected chi connectivity index (χ2v) is 9.09. The van der Waals surface area contributed by atoms with Gasteiger partial charge in [0.2, 0.25) is 15.9 Å². The van der Waals surface area contributed by atoms with Crippen LogP contribution >= 0.6 is 11.6 Å². The van der Waals surface area contributed by atoms with Crippen LogP contribution in [0.15, 0.2) is 77.7 Å². The first-order valence-corrected chi connectivity index (χ1v) is 11.4. The summed E-state index contributed by atoms with van der Waals surface area (Å²) in [4.78, 5) is 13.1. The number of amides is 1. The van der Waals surface area contributed by atoms with Crippen LogP contribution in [0.3, 0.4) is 0 Å². The van der Waals surface area contributed by atoms with Crippen molar-refractivity contribution in [3.05, 3.63) is 88.9 Å². The highest BCUT2D eigenvalue weighted by atomic mass is 35.5. The first kappa shape index (κ1) is 22.8. The number of ether oxygens (including phenoxy) is 1. The van der Waals surface area contributed by atoms with Crippen molar-refractivity contribution in [3.8, 4) is 5.75 Å². The highest BCUT2D eigenvalue weighted by Gasteiger charge is 2.27. The number of hydrogen-bond donors (Lipinski definition) is 2. The van der Waals surface area contributed by atoms with E-state index < -0.39 is 22.0 Å². The van der Waals surface area contributed by atoms with Gasteiger partial charge in [-0.1, -0.05) is 54.1 Å². The molecule has 3 aromatic rings. The number of anilines is 1. The van der Waals surface area contributed by atoms with Crippen molar-refractivity contribution in [1.82, 2.24) is 4.72 Å². The van der Waals surface area contributed by atoms with Crippen molar-refractivity contribution in [2.45, 2.75) is 24.3 Å². The van der Waals surface area contributed by atoms with E-state index in [-0.39, 0.29) is 11.3 Å². The molecule has 6 nitrogen and oxygen atoms in total. The summed E-state index contributed by atoms with van der Waals surface area (Å²) in [5.74, 6) is 0.0713. The molecular weight excluding hydrogens is 436 g/mol. The molecule has 2 N–H and O–H groups in total. The van der Waals surface area contributed by atoms with E-state index in [1.54, 1.807) is 37.3 Å². The number of rotatable bonds is 8. The van der Waals surface area contributed by atoms with Crippen LogP contribution in [0, 0.1) is 6.92 Å². The molecule has 3 aromatic carbocycles. The van der Waals surface area contributed by atoms with Crippen molar-refractivity contribution in [2.24, 2.45) is 0 Å². The fourth-order valence-corrected chi connectivity index (χ4v) is 4.56. The average molecular weight is 459 g/mol. The molecule has 0 fully saturated rings. The number of halogens is 1. The molecule has 0 aromatic heterocycles. The number of carbonyl (C=O) groups excluding carboxylic acids is 1. The second-order valence-electron chi connectivity index (χ2n) is 6.96. The predicted molar refractivity (Wildman–Crippen MR) is 122 cm³/mol. The van der Waals surface area contributed by atoms with E-state index in [4.69, 9.17) is 16.3 Å². The Morgan fingerprint density at radius 1 is 1.03 bits per heavy atom. The molecule has 0 aliphatic rings. The average Bonchev–Trinajstić information content (AvgIpc) is 2.75. The molecule has 0 radical (unpaired) electrons. The van der Waals surface area contributed by atoms with Crippen LogP contribution in [-0.2, 0) is 21.2 Å². The zero-order chi connectivity index (χ0) is 22.4. The highest BCUT2D eigenvalue weighted by molar-refractivity contribution is 7.89. The van der Waals surface area contributed by atoms with E-state index in [1.807, 2.05) is 30.3 Å². The molecule has 1 amide bonds. The Bertz CT molecular complexity index is 1170. The van der Waals surface area contributed by atoms with Crippen molar-refractivity contribution in [1.29, 1.82) is 0 Å². The van der Waals surface area contributed by atoms with E-state index in [1.165, 1.54) is 19.2 Å². The third kappa shape index (κ3) is 5.85. The van der Waals surface area contributed by atoms with Crippen LogP contribution in [0.1, 0.15) is 11.1 Å². The maximum absolute atomic E-state index is 13.1. The molecule has 0 heterocycles. The van der Waals surface area contributed by atoms with Gasteiger partial charge in [-0.15, -0.1) is 0 Å². The summed E-state index contributed by atoms with van der Waals surface area (Å²) in [5.41, 5.74) is 1.90. The van der Waals surface area contributed by atoms with Crippen LogP contribution in [0.5, 0.6) is 5.75 Å².